The van der Waals surface area contributed by atoms with E-state index in [9.17, 15) is 9.59 Å². The third-order valence-corrected chi connectivity index (χ3v) is 2.57. The molecule has 0 saturated carbocycles. The van der Waals surface area contributed by atoms with Crippen molar-refractivity contribution in [1.29, 1.82) is 0 Å². The number of carboxylic acid groups (broad SMARTS) is 1. The molecule has 6 nitrogen and oxygen atoms in total. The molecule has 0 bridgehead atoms. The Balaban J connectivity index is 3.87. The third kappa shape index (κ3) is 7.57. The van der Waals surface area contributed by atoms with Crippen molar-refractivity contribution in [3.8, 4) is 0 Å². The van der Waals surface area contributed by atoms with Crippen LogP contribution in [0.3, 0.4) is 0 Å². The molecule has 6 heteroatoms. The molecule has 0 spiro atoms. The first kappa shape index (κ1) is 15.7. The molecule has 2 N–H and O–H groups in total. The van der Waals surface area contributed by atoms with Gasteiger partial charge in [0.15, 0.2) is 0 Å². The van der Waals surface area contributed by atoms with Gasteiger partial charge in [0.25, 0.3) is 0 Å². The Morgan fingerprint density at radius 2 is 1.82 bits per heavy atom. The highest BCUT2D eigenvalue weighted by Crippen LogP contribution is 1.92. The van der Waals surface area contributed by atoms with E-state index >= 15 is 0 Å². The summed E-state index contributed by atoms with van der Waals surface area (Å²) in [5.74, 6) is -0.887. The molecule has 0 aliphatic heterocycles. The molecule has 0 atom stereocenters. The fourth-order valence-corrected chi connectivity index (χ4v) is 1.26. The van der Waals surface area contributed by atoms with Gasteiger partial charge in [-0.25, -0.2) is 4.79 Å². The molecule has 0 aromatic rings. The molecule has 0 aliphatic carbocycles. The Kier molecular flexibility index (Phi) is 8.13. The van der Waals surface area contributed by atoms with Crippen molar-refractivity contribution in [2.75, 3.05) is 39.8 Å². The zero-order valence-electron chi connectivity index (χ0n) is 10.9. The summed E-state index contributed by atoms with van der Waals surface area (Å²) in [5, 5.41) is 11.3. The molecule has 100 valence electrons. The van der Waals surface area contributed by atoms with Crippen molar-refractivity contribution >= 4 is 12.0 Å². The highest BCUT2D eigenvalue weighted by Gasteiger charge is 2.12. The fourth-order valence-electron chi connectivity index (χ4n) is 1.26. The van der Waals surface area contributed by atoms with Crippen molar-refractivity contribution in [2.45, 2.75) is 20.3 Å². The number of aliphatic carboxylic acids is 1. The number of rotatable bonds is 8. The Hall–Kier alpha value is -1.30. The second-order valence-corrected chi connectivity index (χ2v) is 3.85. The number of amides is 2. The van der Waals surface area contributed by atoms with Crippen LogP contribution in [0.15, 0.2) is 0 Å². The maximum absolute atomic E-state index is 11.7. The van der Waals surface area contributed by atoms with E-state index in [-0.39, 0.29) is 19.0 Å². The predicted octanol–water partition coefficient (Wildman–Crippen LogP) is 0.444. The van der Waals surface area contributed by atoms with Crippen LogP contribution in [0.1, 0.15) is 20.3 Å². The van der Waals surface area contributed by atoms with Gasteiger partial charge in [-0.15, -0.1) is 0 Å². The van der Waals surface area contributed by atoms with E-state index in [1.165, 1.54) is 4.90 Å². The van der Waals surface area contributed by atoms with E-state index in [0.717, 1.165) is 13.1 Å². The first-order valence-corrected chi connectivity index (χ1v) is 5.94. The van der Waals surface area contributed by atoms with Crippen LogP contribution < -0.4 is 5.32 Å². The minimum Gasteiger partial charge on any atom is -0.481 e. The van der Waals surface area contributed by atoms with Gasteiger partial charge in [-0.05, 0) is 20.5 Å². The summed E-state index contributed by atoms with van der Waals surface area (Å²) < 4.78 is 0. The standard InChI is InChI=1S/C11H23N3O3/c1-4-13(3)9-7-12-11(17)14(5-2)8-6-10(15)16/h4-9H2,1-3H3,(H,12,17)(H,15,16). The molecule has 0 unspecified atom stereocenters. The summed E-state index contributed by atoms with van der Waals surface area (Å²) in [6.07, 6.45) is -0.0177. The van der Waals surface area contributed by atoms with Gasteiger partial charge in [-0.1, -0.05) is 6.92 Å². The largest absolute Gasteiger partial charge is 0.481 e. The van der Waals surface area contributed by atoms with Crippen LogP contribution in [0.5, 0.6) is 0 Å². The third-order valence-electron chi connectivity index (χ3n) is 2.57. The molecule has 17 heavy (non-hydrogen) atoms. The summed E-state index contributed by atoms with van der Waals surface area (Å²) in [5.41, 5.74) is 0. The van der Waals surface area contributed by atoms with Gasteiger partial charge in [-0.3, -0.25) is 4.79 Å². The molecule has 0 aromatic heterocycles. The Morgan fingerprint density at radius 3 is 2.29 bits per heavy atom. The second-order valence-electron chi connectivity index (χ2n) is 3.85. The van der Waals surface area contributed by atoms with Gasteiger partial charge in [0.2, 0.25) is 0 Å². The molecular weight excluding hydrogens is 222 g/mol. The lowest BCUT2D eigenvalue weighted by Crippen LogP contribution is -2.43. The maximum atomic E-state index is 11.7. The predicted molar refractivity (Wildman–Crippen MR) is 66.1 cm³/mol. The van der Waals surface area contributed by atoms with Crippen molar-refractivity contribution < 1.29 is 14.7 Å². The topological polar surface area (TPSA) is 72.9 Å². The molecule has 0 rings (SSSR count). The van der Waals surface area contributed by atoms with Gasteiger partial charge in [0.1, 0.15) is 0 Å². The van der Waals surface area contributed by atoms with E-state index in [4.69, 9.17) is 5.11 Å². The lowest BCUT2D eigenvalue weighted by molar-refractivity contribution is -0.137. The summed E-state index contributed by atoms with van der Waals surface area (Å²) >= 11 is 0. The van der Waals surface area contributed by atoms with Gasteiger partial charge in [-0.2, -0.15) is 0 Å². The van der Waals surface area contributed by atoms with Crippen LogP contribution in [0.25, 0.3) is 0 Å². The van der Waals surface area contributed by atoms with Crippen molar-refractivity contribution in [3.63, 3.8) is 0 Å². The lowest BCUT2D eigenvalue weighted by atomic mass is 10.4. The number of hydrogen-bond acceptors (Lipinski definition) is 3. The summed E-state index contributed by atoms with van der Waals surface area (Å²) in [4.78, 5) is 25.7. The number of carbonyl (C=O) groups excluding carboxylic acids is 1. The number of carbonyl (C=O) groups is 2. The van der Waals surface area contributed by atoms with Gasteiger partial charge < -0.3 is 20.2 Å². The number of carboxylic acids is 1. The number of nitrogens with one attached hydrogen (secondary N) is 1. The first-order chi connectivity index (χ1) is 8.01. The summed E-state index contributed by atoms with van der Waals surface area (Å²) in [6.45, 7) is 6.95. The van der Waals surface area contributed by atoms with E-state index in [1.807, 2.05) is 20.9 Å². The number of likely N-dealkylation sites (N-methyl/N-ethyl adjacent to an activating group) is 1. The Bertz CT molecular complexity index is 246. The molecule has 0 saturated heterocycles. The average molecular weight is 245 g/mol. The second kappa shape index (κ2) is 8.81. The number of nitrogens with zero attached hydrogens (tertiary/aromatic N) is 2. The molecule has 0 aliphatic rings. The van der Waals surface area contributed by atoms with Crippen molar-refractivity contribution in [1.82, 2.24) is 15.1 Å². The highest BCUT2D eigenvalue weighted by atomic mass is 16.4. The van der Waals surface area contributed by atoms with Crippen molar-refractivity contribution in [3.05, 3.63) is 0 Å². The van der Waals surface area contributed by atoms with E-state index < -0.39 is 5.97 Å². The molecule has 0 heterocycles. The number of urea groups is 1. The highest BCUT2D eigenvalue weighted by molar-refractivity contribution is 5.75. The monoisotopic (exact) mass is 245 g/mol. The van der Waals surface area contributed by atoms with E-state index in [2.05, 4.69) is 10.2 Å². The van der Waals surface area contributed by atoms with Crippen LogP contribution in [0.4, 0.5) is 4.79 Å². The SMILES string of the molecule is CCN(C)CCNC(=O)N(CC)CCC(=O)O. The molecule has 0 radical (unpaired) electrons. The summed E-state index contributed by atoms with van der Waals surface area (Å²) in [6, 6.07) is -0.196. The average Bonchev–Trinajstić information content (AvgIpc) is 2.29. The Labute approximate surface area is 103 Å². The minimum absolute atomic E-state index is 0.0177. The molecule has 0 aromatic carbocycles. The Morgan fingerprint density at radius 1 is 1.18 bits per heavy atom. The van der Waals surface area contributed by atoms with Crippen LogP contribution in [-0.4, -0.2) is 66.7 Å². The molecular formula is C11H23N3O3. The fraction of sp³-hybridized carbons (Fsp3) is 0.818. The van der Waals surface area contributed by atoms with E-state index in [1.54, 1.807) is 0 Å². The van der Waals surface area contributed by atoms with Gasteiger partial charge in [0.05, 0.1) is 6.42 Å². The van der Waals surface area contributed by atoms with Gasteiger partial charge in [0, 0.05) is 26.2 Å². The zero-order valence-corrected chi connectivity index (χ0v) is 10.9. The molecule has 0 fully saturated rings. The minimum atomic E-state index is -0.887. The summed E-state index contributed by atoms with van der Waals surface area (Å²) in [7, 11) is 1.98. The quantitative estimate of drug-likeness (QED) is 0.651. The zero-order chi connectivity index (χ0) is 13.3. The van der Waals surface area contributed by atoms with Gasteiger partial charge >= 0.3 is 12.0 Å². The number of hydrogen-bond donors (Lipinski definition) is 2. The van der Waals surface area contributed by atoms with Crippen LogP contribution in [0.2, 0.25) is 0 Å². The normalized spacial score (nSPS) is 10.4. The first-order valence-electron chi connectivity index (χ1n) is 5.94. The maximum Gasteiger partial charge on any atom is 0.317 e. The van der Waals surface area contributed by atoms with Crippen LogP contribution in [-0.2, 0) is 4.79 Å². The van der Waals surface area contributed by atoms with E-state index in [0.29, 0.717) is 13.1 Å². The van der Waals surface area contributed by atoms with Crippen molar-refractivity contribution in [2.24, 2.45) is 0 Å². The lowest BCUT2D eigenvalue weighted by Gasteiger charge is -2.21. The van der Waals surface area contributed by atoms with Crippen LogP contribution >= 0.6 is 0 Å². The van der Waals surface area contributed by atoms with Crippen LogP contribution in [0, 0.1) is 0 Å². The smallest absolute Gasteiger partial charge is 0.317 e. The molecule has 2 amide bonds.